The molecule has 132 valence electrons. The van der Waals surface area contributed by atoms with Gasteiger partial charge in [0.1, 0.15) is 10.6 Å². The fourth-order valence-corrected chi connectivity index (χ4v) is 4.00. The normalized spacial score (nSPS) is 12.5. The van der Waals surface area contributed by atoms with Gasteiger partial charge in [-0.05, 0) is 43.2 Å². The summed E-state index contributed by atoms with van der Waals surface area (Å²) >= 11 is 0. The van der Waals surface area contributed by atoms with E-state index in [9.17, 15) is 8.42 Å². The van der Waals surface area contributed by atoms with Gasteiger partial charge in [0.2, 0.25) is 10.0 Å². The van der Waals surface area contributed by atoms with Crippen LogP contribution in [0, 0.1) is 13.8 Å². The summed E-state index contributed by atoms with van der Waals surface area (Å²) in [5.74, 6) is 0.317. The summed E-state index contributed by atoms with van der Waals surface area (Å²) in [6.07, 6.45) is 1.56. The van der Waals surface area contributed by atoms with E-state index in [1.54, 1.807) is 13.8 Å². The summed E-state index contributed by atoms with van der Waals surface area (Å²) in [6.45, 7) is 10.2. The van der Waals surface area contributed by atoms with Crippen LogP contribution in [0.3, 0.4) is 0 Å². The number of aromatic nitrogens is 1. The van der Waals surface area contributed by atoms with Crippen LogP contribution in [0.2, 0.25) is 0 Å². The molecular weight excluding hydrogens is 324 g/mol. The Morgan fingerprint density at radius 1 is 1.12 bits per heavy atom. The minimum atomic E-state index is -3.57. The fraction of sp³-hybridized carbons (Fsp3) is 0.500. The van der Waals surface area contributed by atoms with E-state index < -0.39 is 10.0 Å². The maximum absolute atomic E-state index is 12.3. The third-order valence-corrected chi connectivity index (χ3v) is 5.70. The average molecular weight is 350 g/mol. The molecule has 0 bridgehead atoms. The molecule has 0 saturated carbocycles. The molecule has 1 heterocycles. The summed E-state index contributed by atoms with van der Waals surface area (Å²) in [7, 11) is -3.57. The molecule has 0 saturated heterocycles. The first-order valence-corrected chi connectivity index (χ1v) is 9.61. The van der Waals surface area contributed by atoms with E-state index in [4.69, 9.17) is 4.52 Å². The lowest BCUT2D eigenvalue weighted by Crippen LogP contribution is -2.26. The monoisotopic (exact) mass is 350 g/mol. The molecular formula is C18H26N2O3S. The lowest BCUT2D eigenvalue weighted by atomic mass is 9.86. The highest BCUT2D eigenvalue weighted by atomic mass is 32.2. The molecule has 2 rings (SSSR count). The van der Waals surface area contributed by atoms with Crippen LogP contribution in [0.5, 0.6) is 0 Å². The predicted octanol–water partition coefficient (Wildman–Crippen LogP) is 3.50. The summed E-state index contributed by atoms with van der Waals surface area (Å²) in [6, 6.07) is 8.51. The molecule has 2 aromatic rings. The van der Waals surface area contributed by atoms with E-state index in [0.717, 1.165) is 12.8 Å². The highest BCUT2D eigenvalue weighted by Gasteiger charge is 2.23. The molecule has 1 aromatic heterocycles. The number of benzene rings is 1. The van der Waals surface area contributed by atoms with E-state index >= 15 is 0 Å². The third kappa shape index (κ3) is 4.45. The van der Waals surface area contributed by atoms with Crippen molar-refractivity contribution in [2.24, 2.45) is 0 Å². The molecule has 0 aliphatic heterocycles. The largest absolute Gasteiger partial charge is 0.360 e. The van der Waals surface area contributed by atoms with Crippen LogP contribution in [-0.4, -0.2) is 20.1 Å². The van der Waals surface area contributed by atoms with Gasteiger partial charge in [0.15, 0.2) is 5.76 Å². The minimum Gasteiger partial charge on any atom is -0.360 e. The first-order chi connectivity index (χ1) is 11.1. The summed E-state index contributed by atoms with van der Waals surface area (Å²) in [4.78, 5) is 0.150. The Bertz CT molecular complexity index is 765. The maximum atomic E-state index is 12.3. The topological polar surface area (TPSA) is 72.2 Å². The van der Waals surface area contributed by atoms with Crippen LogP contribution in [-0.2, 0) is 21.9 Å². The van der Waals surface area contributed by atoms with E-state index in [2.05, 4.69) is 54.9 Å². The van der Waals surface area contributed by atoms with Crippen LogP contribution < -0.4 is 4.72 Å². The maximum Gasteiger partial charge on any atom is 0.245 e. The van der Waals surface area contributed by atoms with Crippen LogP contribution in [0.25, 0.3) is 0 Å². The molecule has 0 unspecified atom stereocenters. The van der Waals surface area contributed by atoms with Gasteiger partial charge in [-0.2, -0.15) is 0 Å². The third-order valence-electron chi connectivity index (χ3n) is 3.99. The smallest absolute Gasteiger partial charge is 0.245 e. The van der Waals surface area contributed by atoms with Crippen molar-refractivity contribution in [3.63, 3.8) is 0 Å². The van der Waals surface area contributed by atoms with E-state index in [0.29, 0.717) is 18.0 Å². The molecule has 1 N–H and O–H groups in total. The molecule has 5 nitrogen and oxygen atoms in total. The molecule has 0 aliphatic rings. The number of sulfonamides is 1. The van der Waals surface area contributed by atoms with Crippen molar-refractivity contribution in [3.8, 4) is 0 Å². The van der Waals surface area contributed by atoms with Gasteiger partial charge in [-0.25, -0.2) is 13.1 Å². The first-order valence-electron chi connectivity index (χ1n) is 8.13. The van der Waals surface area contributed by atoms with Crippen LogP contribution in [0.15, 0.2) is 33.7 Å². The lowest BCUT2D eigenvalue weighted by Gasteiger charge is -2.19. The van der Waals surface area contributed by atoms with Gasteiger partial charge in [0.25, 0.3) is 0 Å². The summed E-state index contributed by atoms with van der Waals surface area (Å²) in [5, 5.41) is 3.69. The average Bonchev–Trinajstić information content (AvgIpc) is 2.83. The van der Waals surface area contributed by atoms with Crippen LogP contribution in [0.4, 0.5) is 0 Å². The molecule has 6 heteroatoms. The molecule has 0 spiro atoms. The van der Waals surface area contributed by atoms with Crippen LogP contribution >= 0.6 is 0 Å². The SMILES string of the molecule is Cc1noc(C)c1S(=O)(=O)NCCCc1ccc(C(C)(C)C)cc1. The summed E-state index contributed by atoms with van der Waals surface area (Å²) < 4.78 is 32.1. The van der Waals surface area contributed by atoms with E-state index in [1.165, 1.54) is 11.1 Å². The van der Waals surface area contributed by atoms with Crippen molar-refractivity contribution in [1.29, 1.82) is 0 Å². The van der Waals surface area contributed by atoms with E-state index in [1.807, 2.05) is 0 Å². The Balaban J connectivity index is 1.89. The second-order valence-electron chi connectivity index (χ2n) is 7.10. The molecule has 1 aromatic carbocycles. The Morgan fingerprint density at radius 2 is 1.75 bits per heavy atom. The molecule has 0 radical (unpaired) electrons. The van der Waals surface area contributed by atoms with Crippen molar-refractivity contribution in [1.82, 2.24) is 9.88 Å². The van der Waals surface area contributed by atoms with Crippen molar-refractivity contribution in [2.75, 3.05) is 6.54 Å². The van der Waals surface area contributed by atoms with Crippen molar-refractivity contribution in [2.45, 2.75) is 57.8 Å². The van der Waals surface area contributed by atoms with Gasteiger partial charge < -0.3 is 4.52 Å². The zero-order valence-corrected chi connectivity index (χ0v) is 15.8. The van der Waals surface area contributed by atoms with Crippen molar-refractivity contribution < 1.29 is 12.9 Å². The predicted molar refractivity (Wildman–Crippen MR) is 94.6 cm³/mol. The summed E-state index contributed by atoms with van der Waals surface area (Å²) in [5.41, 5.74) is 3.03. The number of aryl methyl sites for hydroxylation is 3. The van der Waals surface area contributed by atoms with Crippen molar-refractivity contribution >= 4 is 10.0 Å². The van der Waals surface area contributed by atoms with Gasteiger partial charge in [-0.1, -0.05) is 50.2 Å². The van der Waals surface area contributed by atoms with Crippen LogP contribution in [0.1, 0.15) is 49.8 Å². The molecule has 0 atom stereocenters. The Morgan fingerprint density at radius 3 is 2.25 bits per heavy atom. The Hall–Kier alpha value is -1.66. The Labute approximate surface area is 144 Å². The van der Waals surface area contributed by atoms with Gasteiger partial charge in [0, 0.05) is 6.54 Å². The molecule has 0 amide bonds. The van der Waals surface area contributed by atoms with Gasteiger partial charge >= 0.3 is 0 Å². The molecule has 24 heavy (non-hydrogen) atoms. The minimum absolute atomic E-state index is 0.141. The molecule has 0 fully saturated rings. The van der Waals surface area contributed by atoms with E-state index in [-0.39, 0.29) is 10.3 Å². The number of rotatable bonds is 6. The van der Waals surface area contributed by atoms with Crippen molar-refractivity contribution in [3.05, 3.63) is 46.8 Å². The number of nitrogens with zero attached hydrogens (tertiary/aromatic N) is 1. The highest BCUT2D eigenvalue weighted by Crippen LogP contribution is 2.22. The molecule has 0 aliphatic carbocycles. The standard InChI is InChI=1S/C18H26N2O3S/c1-13-17(14(2)23-20-13)24(21,22)19-12-6-7-15-8-10-16(11-9-15)18(3,4)5/h8-11,19H,6-7,12H2,1-5H3. The number of nitrogens with one attached hydrogen (secondary N) is 1. The fourth-order valence-electron chi connectivity index (χ4n) is 2.60. The van der Waals surface area contributed by atoms with Gasteiger partial charge in [-0.3, -0.25) is 0 Å². The Kier molecular flexibility index (Phi) is 5.50. The lowest BCUT2D eigenvalue weighted by molar-refractivity contribution is 0.390. The highest BCUT2D eigenvalue weighted by molar-refractivity contribution is 7.89. The second kappa shape index (κ2) is 7.07. The zero-order valence-electron chi connectivity index (χ0n) is 15.0. The van der Waals surface area contributed by atoms with Gasteiger partial charge in [-0.15, -0.1) is 0 Å². The quantitative estimate of drug-likeness (QED) is 0.809. The number of hydrogen-bond acceptors (Lipinski definition) is 4. The number of hydrogen-bond donors (Lipinski definition) is 1. The second-order valence-corrected chi connectivity index (χ2v) is 8.81. The zero-order chi connectivity index (χ0) is 18.0. The van der Waals surface area contributed by atoms with Gasteiger partial charge in [0.05, 0.1) is 0 Å². The first kappa shape index (κ1) is 18.7.